The number of morpholine rings is 1. The summed E-state index contributed by atoms with van der Waals surface area (Å²) in [5.41, 5.74) is 0.251. The van der Waals surface area contributed by atoms with E-state index in [1.807, 2.05) is 6.92 Å². The van der Waals surface area contributed by atoms with Crippen LogP contribution in [0.5, 0.6) is 0 Å². The summed E-state index contributed by atoms with van der Waals surface area (Å²) in [6, 6.07) is 5.32. The topological polar surface area (TPSA) is 102 Å². The highest BCUT2D eigenvalue weighted by Crippen LogP contribution is 2.11. The molecule has 1 aliphatic rings. The molecule has 0 bridgehead atoms. The molecule has 1 fully saturated rings. The van der Waals surface area contributed by atoms with Crippen molar-refractivity contribution in [3.05, 3.63) is 39.9 Å². The maximum Gasteiger partial charge on any atom is 0.269 e. The number of amides is 2. The fourth-order valence-electron chi connectivity index (χ4n) is 2.32. The lowest BCUT2D eigenvalue weighted by molar-refractivity contribution is -0.384. The van der Waals surface area contributed by atoms with Gasteiger partial charge in [0.1, 0.15) is 0 Å². The van der Waals surface area contributed by atoms with Crippen molar-refractivity contribution in [2.45, 2.75) is 19.4 Å². The summed E-state index contributed by atoms with van der Waals surface area (Å²) < 4.78 is 5.37. The van der Waals surface area contributed by atoms with Crippen molar-refractivity contribution in [3.63, 3.8) is 0 Å². The number of ether oxygens (including phenoxy) is 1. The first-order valence-electron chi connectivity index (χ1n) is 7.39. The van der Waals surface area contributed by atoms with Crippen LogP contribution in [0.3, 0.4) is 0 Å². The van der Waals surface area contributed by atoms with Crippen LogP contribution in [0.15, 0.2) is 24.3 Å². The van der Waals surface area contributed by atoms with Crippen LogP contribution >= 0.6 is 0 Å². The summed E-state index contributed by atoms with van der Waals surface area (Å²) >= 11 is 0. The molecule has 0 aliphatic carbocycles. The Morgan fingerprint density at radius 2 is 2.09 bits per heavy atom. The van der Waals surface area contributed by atoms with E-state index in [4.69, 9.17) is 4.74 Å². The molecular weight excluding hydrogens is 302 g/mol. The molecule has 124 valence electrons. The number of nitro benzene ring substituents is 1. The Hall–Kier alpha value is -2.48. The number of nitrogens with zero attached hydrogens (tertiary/aromatic N) is 2. The fourth-order valence-corrected chi connectivity index (χ4v) is 2.32. The minimum atomic E-state index is -0.524. The number of hydrogen-bond donors (Lipinski definition) is 1. The number of carbonyl (C=O) groups excluding carboxylic acids is 2. The molecule has 2 rings (SSSR count). The summed E-state index contributed by atoms with van der Waals surface area (Å²) in [6.07, 6.45) is 0.244. The van der Waals surface area contributed by atoms with E-state index >= 15 is 0 Å². The van der Waals surface area contributed by atoms with Gasteiger partial charge in [0.05, 0.1) is 17.6 Å². The molecule has 1 heterocycles. The van der Waals surface area contributed by atoms with Gasteiger partial charge in [-0.25, -0.2) is 0 Å². The number of carbonyl (C=O) groups is 2. The van der Waals surface area contributed by atoms with Crippen LogP contribution in [-0.4, -0.2) is 54.0 Å². The summed E-state index contributed by atoms with van der Waals surface area (Å²) in [6.45, 7) is 3.80. The predicted octanol–water partition coefficient (Wildman–Crippen LogP) is 0.962. The maximum absolute atomic E-state index is 12.0. The molecule has 0 aromatic heterocycles. The highest BCUT2D eigenvalue weighted by Gasteiger charge is 2.21. The molecule has 23 heavy (non-hydrogen) atoms. The van der Waals surface area contributed by atoms with Gasteiger partial charge in [-0.3, -0.25) is 19.7 Å². The number of nitrogens with one attached hydrogen (secondary N) is 1. The number of non-ortho nitro benzene ring substituents is 1. The van der Waals surface area contributed by atoms with Crippen LogP contribution in [0.25, 0.3) is 0 Å². The zero-order valence-electron chi connectivity index (χ0n) is 12.9. The first kappa shape index (κ1) is 16.9. The van der Waals surface area contributed by atoms with Crippen molar-refractivity contribution >= 4 is 17.5 Å². The smallest absolute Gasteiger partial charge is 0.269 e. The van der Waals surface area contributed by atoms with Gasteiger partial charge >= 0.3 is 0 Å². The molecule has 8 heteroatoms. The average molecular weight is 321 g/mol. The van der Waals surface area contributed by atoms with Crippen molar-refractivity contribution in [2.75, 3.05) is 26.2 Å². The second-order valence-corrected chi connectivity index (χ2v) is 5.33. The van der Waals surface area contributed by atoms with E-state index in [2.05, 4.69) is 5.32 Å². The molecule has 0 unspecified atom stereocenters. The lowest BCUT2D eigenvalue weighted by Crippen LogP contribution is -2.45. The van der Waals surface area contributed by atoms with E-state index in [1.165, 1.54) is 24.3 Å². The summed E-state index contributed by atoms with van der Waals surface area (Å²) in [4.78, 5) is 35.7. The van der Waals surface area contributed by atoms with Crippen LogP contribution in [0.2, 0.25) is 0 Å². The first-order chi connectivity index (χ1) is 11.0. The lowest BCUT2D eigenvalue weighted by atomic mass is 10.2. The molecule has 2 amide bonds. The van der Waals surface area contributed by atoms with Crippen molar-refractivity contribution in [3.8, 4) is 0 Å². The molecule has 1 atom stereocenters. The van der Waals surface area contributed by atoms with Crippen LogP contribution in [0.4, 0.5) is 5.69 Å². The van der Waals surface area contributed by atoms with Gasteiger partial charge in [0.25, 0.3) is 11.6 Å². The Kier molecular flexibility index (Phi) is 5.64. The van der Waals surface area contributed by atoms with Crippen LogP contribution in [0, 0.1) is 10.1 Å². The van der Waals surface area contributed by atoms with Gasteiger partial charge < -0.3 is 15.0 Å². The first-order valence-corrected chi connectivity index (χ1v) is 7.39. The van der Waals surface area contributed by atoms with Gasteiger partial charge in [0.15, 0.2) is 0 Å². The van der Waals surface area contributed by atoms with E-state index in [9.17, 15) is 19.7 Å². The van der Waals surface area contributed by atoms with Gasteiger partial charge in [-0.1, -0.05) is 0 Å². The van der Waals surface area contributed by atoms with Gasteiger partial charge in [-0.05, 0) is 19.1 Å². The van der Waals surface area contributed by atoms with Gasteiger partial charge in [-0.15, -0.1) is 0 Å². The highest BCUT2D eigenvalue weighted by atomic mass is 16.6. The van der Waals surface area contributed by atoms with Crippen molar-refractivity contribution in [1.29, 1.82) is 0 Å². The van der Waals surface area contributed by atoms with Gasteiger partial charge in [-0.2, -0.15) is 0 Å². The van der Waals surface area contributed by atoms with E-state index < -0.39 is 4.92 Å². The number of hydrogen-bond acceptors (Lipinski definition) is 5. The third kappa shape index (κ3) is 4.75. The van der Waals surface area contributed by atoms with Crippen molar-refractivity contribution < 1.29 is 19.2 Å². The quantitative estimate of drug-likeness (QED) is 0.643. The summed E-state index contributed by atoms with van der Waals surface area (Å²) in [7, 11) is 0. The predicted molar refractivity (Wildman–Crippen MR) is 82.0 cm³/mol. The van der Waals surface area contributed by atoms with Gasteiger partial charge in [0, 0.05) is 43.8 Å². The molecule has 8 nitrogen and oxygen atoms in total. The number of benzene rings is 1. The summed E-state index contributed by atoms with van der Waals surface area (Å²) in [5, 5.41) is 13.2. The van der Waals surface area contributed by atoms with E-state index in [0.717, 1.165) is 0 Å². The van der Waals surface area contributed by atoms with Crippen LogP contribution in [-0.2, 0) is 9.53 Å². The minimum absolute atomic E-state index is 0.0239. The molecule has 1 aromatic rings. The maximum atomic E-state index is 12.0. The zero-order chi connectivity index (χ0) is 16.8. The molecule has 0 saturated carbocycles. The molecule has 1 aliphatic heterocycles. The van der Waals surface area contributed by atoms with Crippen molar-refractivity contribution in [1.82, 2.24) is 10.2 Å². The molecule has 0 radical (unpaired) electrons. The highest BCUT2D eigenvalue weighted by molar-refractivity contribution is 5.94. The minimum Gasteiger partial charge on any atom is -0.375 e. The van der Waals surface area contributed by atoms with E-state index in [1.54, 1.807) is 4.90 Å². The normalized spacial score (nSPS) is 17.6. The standard InChI is InChI=1S/C15H19N3O5/c1-11-10-17(8-9-23-11)14(19)6-7-16-15(20)12-2-4-13(5-3-12)18(21)22/h2-5,11H,6-10H2,1H3,(H,16,20)/t11-/m0/s1. The van der Waals surface area contributed by atoms with Crippen LogP contribution < -0.4 is 5.32 Å². The largest absolute Gasteiger partial charge is 0.375 e. The molecular formula is C15H19N3O5. The number of nitro groups is 1. The Labute approximate surface area is 133 Å². The second-order valence-electron chi connectivity index (χ2n) is 5.33. The fraction of sp³-hybridized carbons (Fsp3) is 0.467. The summed E-state index contributed by atoms with van der Waals surface area (Å²) in [5.74, 6) is -0.382. The third-order valence-corrected chi connectivity index (χ3v) is 3.56. The number of rotatable bonds is 5. The zero-order valence-corrected chi connectivity index (χ0v) is 12.9. The molecule has 0 spiro atoms. The second kappa shape index (κ2) is 7.68. The Balaban J connectivity index is 1.78. The van der Waals surface area contributed by atoms with Crippen molar-refractivity contribution in [2.24, 2.45) is 0 Å². The van der Waals surface area contributed by atoms with Crippen LogP contribution in [0.1, 0.15) is 23.7 Å². The SMILES string of the molecule is C[C@H]1CN(C(=O)CCNC(=O)c2ccc([N+](=O)[O-])cc2)CCO1. The van der Waals surface area contributed by atoms with E-state index in [-0.39, 0.29) is 36.6 Å². The van der Waals surface area contributed by atoms with Gasteiger partial charge in [0.2, 0.25) is 5.91 Å². The molecule has 1 saturated heterocycles. The Morgan fingerprint density at radius 1 is 1.39 bits per heavy atom. The third-order valence-electron chi connectivity index (χ3n) is 3.56. The van der Waals surface area contributed by atoms with E-state index in [0.29, 0.717) is 25.3 Å². The monoisotopic (exact) mass is 321 g/mol. The Morgan fingerprint density at radius 3 is 2.70 bits per heavy atom. The molecule has 1 aromatic carbocycles. The average Bonchev–Trinajstić information content (AvgIpc) is 2.54. The molecule has 1 N–H and O–H groups in total. The Bertz CT molecular complexity index is 587. The lowest BCUT2D eigenvalue weighted by Gasteiger charge is -2.31.